The van der Waals surface area contributed by atoms with Gasteiger partial charge in [0.05, 0.1) is 12.1 Å². The molecular formula is C20H22F2N3NaO5. The van der Waals surface area contributed by atoms with Crippen LogP contribution in [-0.2, 0) is 17.8 Å². The first-order valence-corrected chi connectivity index (χ1v) is 9.10. The third kappa shape index (κ3) is 5.98. The molecule has 0 spiro atoms. The minimum Gasteiger partial charge on any atom is -0.868 e. The smallest absolute Gasteiger partial charge is 0.868 e. The summed E-state index contributed by atoms with van der Waals surface area (Å²) >= 11 is 0. The number of hydrogen-bond acceptors (Lipinski definition) is 6. The predicted molar refractivity (Wildman–Crippen MR) is 102 cm³/mol. The zero-order chi connectivity index (χ0) is 22.4. The molecule has 0 fully saturated rings. The Morgan fingerprint density at radius 3 is 2.52 bits per heavy atom. The zero-order valence-corrected chi connectivity index (χ0v) is 19.8. The Morgan fingerprint density at radius 1 is 1.32 bits per heavy atom. The van der Waals surface area contributed by atoms with Crippen molar-refractivity contribution in [1.29, 1.82) is 0 Å². The first-order chi connectivity index (χ1) is 14.3. The largest absolute Gasteiger partial charge is 1.00 e. The number of hydrogen-bond donors (Lipinski definition) is 1. The van der Waals surface area contributed by atoms with Crippen molar-refractivity contribution < 1.29 is 57.8 Å². The summed E-state index contributed by atoms with van der Waals surface area (Å²) in [6.07, 6.45) is 1.02. The molecule has 11 heteroatoms. The van der Waals surface area contributed by atoms with E-state index in [2.05, 4.69) is 5.32 Å². The molecule has 0 radical (unpaired) electrons. The van der Waals surface area contributed by atoms with E-state index < -0.39 is 34.9 Å². The number of nitrogens with zero attached hydrogens (tertiary/aromatic N) is 2. The van der Waals surface area contributed by atoms with Gasteiger partial charge in [-0.1, -0.05) is 6.07 Å². The molecular weight excluding hydrogens is 423 g/mol. The molecule has 2 aromatic rings. The molecule has 1 N–H and O–H groups in total. The van der Waals surface area contributed by atoms with E-state index in [-0.39, 0.29) is 47.4 Å². The summed E-state index contributed by atoms with van der Waals surface area (Å²) in [6, 6.07) is 3.56. The number of nitrogens with one attached hydrogen (secondary N) is 1. The number of pyridine rings is 1. The van der Waals surface area contributed by atoms with Gasteiger partial charge in [-0.2, -0.15) is 0 Å². The van der Waals surface area contributed by atoms with Crippen LogP contribution in [0.25, 0.3) is 0 Å². The summed E-state index contributed by atoms with van der Waals surface area (Å²) in [6.45, 7) is 2.75. The van der Waals surface area contributed by atoms with Gasteiger partial charge >= 0.3 is 29.6 Å². The molecule has 31 heavy (non-hydrogen) atoms. The Bertz CT molecular complexity index is 1000. The van der Waals surface area contributed by atoms with E-state index in [1.165, 1.54) is 34.9 Å². The number of carbonyl (C=O) groups excluding carboxylic acids is 2. The van der Waals surface area contributed by atoms with E-state index in [1.54, 1.807) is 14.0 Å². The van der Waals surface area contributed by atoms with Gasteiger partial charge in [0.1, 0.15) is 23.6 Å². The number of carbonyl (C=O) groups is 2. The van der Waals surface area contributed by atoms with Crippen LogP contribution < -0.4 is 45.4 Å². The molecule has 0 bridgehead atoms. The van der Waals surface area contributed by atoms with Crippen LogP contribution in [0.2, 0.25) is 0 Å². The monoisotopic (exact) mass is 445 g/mol. The van der Waals surface area contributed by atoms with Crippen molar-refractivity contribution in [2.24, 2.45) is 0 Å². The first-order valence-electron chi connectivity index (χ1n) is 9.10. The first kappa shape index (κ1) is 26.9. The summed E-state index contributed by atoms with van der Waals surface area (Å²) in [5.41, 5.74) is -0.928. The van der Waals surface area contributed by atoms with Crippen LogP contribution in [0.15, 0.2) is 29.2 Å². The van der Waals surface area contributed by atoms with Crippen molar-refractivity contribution in [1.82, 2.24) is 14.8 Å². The average Bonchev–Trinajstić information content (AvgIpc) is 2.72. The number of methoxy groups -OCH3 is 1. The fourth-order valence-corrected chi connectivity index (χ4v) is 3.05. The molecule has 2 heterocycles. The van der Waals surface area contributed by atoms with Crippen molar-refractivity contribution in [3.8, 4) is 5.75 Å². The van der Waals surface area contributed by atoms with Crippen molar-refractivity contribution in [3.63, 3.8) is 0 Å². The van der Waals surface area contributed by atoms with E-state index >= 15 is 0 Å². The summed E-state index contributed by atoms with van der Waals surface area (Å²) in [7, 11) is 3.16. The summed E-state index contributed by atoms with van der Waals surface area (Å²) in [5, 5.41) is 14.7. The molecule has 1 aliphatic heterocycles. The quantitative estimate of drug-likeness (QED) is 0.417. The standard InChI is InChI=1S/C12H14N2O5.C8H9F2N.Na/c1-3-14-8(19-2)5-13-4-7(6-15)10(16)11(17)9(13)12(14)18;1-11-5-6-2-3-7(9)4-8(6)10;/h4,6,8,17H,3,5H2,1-2H3;2-4,11H,5H2,1H3;/q;;+1/p-1. The molecule has 0 saturated carbocycles. The van der Waals surface area contributed by atoms with E-state index in [0.29, 0.717) is 24.9 Å². The molecule has 0 saturated heterocycles. The van der Waals surface area contributed by atoms with E-state index in [9.17, 15) is 28.3 Å². The van der Waals surface area contributed by atoms with Crippen LogP contribution in [-0.4, -0.2) is 48.6 Å². The molecule has 8 nitrogen and oxygen atoms in total. The molecule has 1 aromatic carbocycles. The SMILES string of the molecule is CCN1C(=O)c2c([O-])c(=O)c(C=O)cn2CC1OC.CNCc1ccc(F)cc1F.[Na+]. The second-order valence-corrected chi connectivity index (χ2v) is 6.41. The Kier molecular flexibility index (Phi) is 10.5. The summed E-state index contributed by atoms with van der Waals surface area (Å²) in [5.74, 6) is -2.54. The Hall–Kier alpha value is -2.11. The van der Waals surface area contributed by atoms with Crippen molar-refractivity contribution in [2.75, 3.05) is 20.7 Å². The summed E-state index contributed by atoms with van der Waals surface area (Å²) in [4.78, 5) is 35.9. The van der Waals surface area contributed by atoms with Crippen LogP contribution >= 0.6 is 0 Å². The predicted octanol–water partition coefficient (Wildman–Crippen LogP) is -2.13. The molecule has 3 rings (SSSR count). The molecule has 1 aliphatic rings. The fourth-order valence-electron chi connectivity index (χ4n) is 3.05. The van der Waals surface area contributed by atoms with Gasteiger partial charge in [-0.25, -0.2) is 8.78 Å². The number of halogens is 2. The van der Waals surface area contributed by atoms with E-state index in [4.69, 9.17) is 4.74 Å². The molecule has 1 aromatic heterocycles. The third-order valence-corrected chi connectivity index (χ3v) is 4.55. The number of ether oxygens (including phenoxy) is 1. The minimum atomic E-state index is -0.943. The van der Waals surface area contributed by atoms with E-state index in [0.717, 1.165) is 6.07 Å². The number of aromatic nitrogens is 1. The molecule has 0 aliphatic carbocycles. The number of fused-ring (bicyclic) bond motifs is 1. The maximum atomic E-state index is 12.8. The molecule has 1 unspecified atom stereocenters. The normalized spacial score (nSPS) is 14.8. The number of rotatable bonds is 5. The molecule has 162 valence electrons. The van der Waals surface area contributed by atoms with Gasteiger partial charge in [-0.05, 0) is 25.8 Å². The van der Waals surface area contributed by atoms with Gasteiger partial charge in [-0.15, -0.1) is 0 Å². The Balaban J connectivity index is 0.000000344. The Labute approximate surface area is 200 Å². The van der Waals surface area contributed by atoms with Crippen molar-refractivity contribution in [3.05, 3.63) is 63.1 Å². The maximum absolute atomic E-state index is 12.8. The summed E-state index contributed by atoms with van der Waals surface area (Å²) < 4.78 is 31.6. The number of likely N-dealkylation sites (N-methyl/N-ethyl adjacent to an activating group) is 1. The van der Waals surface area contributed by atoms with Crippen LogP contribution in [0.5, 0.6) is 5.75 Å². The van der Waals surface area contributed by atoms with Gasteiger partial charge in [0.25, 0.3) is 5.91 Å². The average molecular weight is 445 g/mol. The van der Waals surface area contributed by atoms with Gasteiger partial charge in [0.2, 0.25) is 0 Å². The van der Waals surface area contributed by atoms with Crippen LogP contribution in [0.3, 0.4) is 0 Å². The van der Waals surface area contributed by atoms with Gasteiger partial charge in [0.15, 0.2) is 11.7 Å². The second kappa shape index (κ2) is 12.1. The minimum absolute atomic E-state index is 0. The molecule has 1 amide bonds. The zero-order valence-electron chi connectivity index (χ0n) is 17.8. The number of aldehydes is 1. The van der Waals surface area contributed by atoms with Crippen LogP contribution in [0.1, 0.15) is 33.3 Å². The third-order valence-electron chi connectivity index (χ3n) is 4.55. The second-order valence-electron chi connectivity index (χ2n) is 6.41. The van der Waals surface area contributed by atoms with Crippen LogP contribution in [0, 0.1) is 11.6 Å². The number of amides is 1. The van der Waals surface area contributed by atoms with Gasteiger partial charge in [-0.3, -0.25) is 14.4 Å². The topological polar surface area (TPSA) is 104 Å². The van der Waals surface area contributed by atoms with E-state index in [1.807, 2.05) is 0 Å². The van der Waals surface area contributed by atoms with Crippen molar-refractivity contribution >= 4 is 12.2 Å². The van der Waals surface area contributed by atoms with Gasteiger partial charge in [0, 0.05) is 38.0 Å². The van der Waals surface area contributed by atoms with Crippen LogP contribution in [0.4, 0.5) is 8.78 Å². The number of benzene rings is 1. The fraction of sp³-hybridized carbons (Fsp3) is 0.350. The Morgan fingerprint density at radius 2 is 2.00 bits per heavy atom. The van der Waals surface area contributed by atoms with Crippen molar-refractivity contribution in [2.45, 2.75) is 26.2 Å². The van der Waals surface area contributed by atoms with Gasteiger partial charge < -0.3 is 24.6 Å². The molecule has 1 atom stereocenters. The maximum Gasteiger partial charge on any atom is 1.00 e.